The lowest BCUT2D eigenvalue weighted by molar-refractivity contribution is -0.163. The van der Waals surface area contributed by atoms with E-state index in [0.717, 1.165) is 6.92 Å². The summed E-state index contributed by atoms with van der Waals surface area (Å²) in [5, 5.41) is 39.6. The van der Waals surface area contributed by atoms with E-state index >= 15 is 0 Å². The van der Waals surface area contributed by atoms with E-state index in [9.17, 15) is 30.5 Å². The second-order valence-corrected chi connectivity index (χ2v) is 6.06. The first-order valence-corrected chi connectivity index (χ1v) is 7.10. The van der Waals surface area contributed by atoms with Crippen molar-refractivity contribution in [3.63, 3.8) is 0 Å². The number of hydrogen-bond acceptors (Lipinski definition) is 6. The van der Waals surface area contributed by atoms with Crippen LogP contribution in [0.15, 0.2) is 0 Å². The number of hydrogen-bond donors (Lipinski definition) is 1. The van der Waals surface area contributed by atoms with Gasteiger partial charge in [-0.05, 0) is 12.3 Å². The van der Waals surface area contributed by atoms with Crippen molar-refractivity contribution in [2.45, 2.75) is 45.3 Å². The molecule has 2 amide bonds. The van der Waals surface area contributed by atoms with Gasteiger partial charge in [0.25, 0.3) is 5.91 Å². The zero-order chi connectivity index (χ0) is 16.8. The molecular formula is C15H16N4O3. The van der Waals surface area contributed by atoms with Crippen LogP contribution in [-0.4, -0.2) is 27.5 Å². The molecule has 1 aliphatic carbocycles. The van der Waals surface area contributed by atoms with Gasteiger partial charge in [-0.15, -0.1) is 0 Å². The van der Waals surface area contributed by atoms with Crippen molar-refractivity contribution in [2.75, 3.05) is 0 Å². The first-order valence-electron chi connectivity index (χ1n) is 7.10. The topological polar surface area (TPSA) is 129 Å². The molecule has 114 valence electrons. The van der Waals surface area contributed by atoms with Gasteiger partial charge >= 0.3 is 0 Å². The Kier molecular flexibility index (Phi) is 3.48. The summed E-state index contributed by atoms with van der Waals surface area (Å²) in [6, 6.07) is 5.55. The van der Waals surface area contributed by atoms with Crippen molar-refractivity contribution < 1.29 is 14.7 Å². The summed E-state index contributed by atoms with van der Waals surface area (Å²) in [6.07, 6.45) is 0.584. The fraction of sp³-hybridized carbons (Fsp3) is 0.667. The SMILES string of the molecule is CCCC1CC2(O)CC(C#N)(C(=O)N2C(C)=O)C1(C#N)C#N. The fourth-order valence-electron chi connectivity index (χ4n) is 4.00. The molecule has 1 saturated heterocycles. The summed E-state index contributed by atoms with van der Waals surface area (Å²) in [7, 11) is 0. The summed E-state index contributed by atoms with van der Waals surface area (Å²) in [5.74, 6) is -2.28. The van der Waals surface area contributed by atoms with E-state index in [2.05, 4.69) is 0 Å². The quantitative estimate of drug-likeness (QED) is 0.803. The van der Waals surface area contributed by atoms with Crippen LogP contribution in [0.2, 0.25) is 0 Å². The van der Waals surface area contributed by atoms with Crippen LogP contribution in [0.1, 0.15) is 39.5 Å². The number of imide groups is 1. The van der Waals surface area contributed by atoms with Crippen molar-refractivity contribution in [3.8, 4) is 18.2 Å². The number of carbonyl (C=O) groups is 2. The minimum absolute atomic E-state index is 0.0588. The molecule has 22 heavy (non-hydrogen) atoms. The Hall–Kier alpha value is -2.43. The summed E-state index contributed by atoms with van der Waals surface area (Å²) >= 11 is 0. The smallest absolute Gasteiger partial charge is 0.254 e. The lowest BCUT2D eigenvalue weighted by atomic mass is 9.52. The second-order valence-electron chi connectivity index (χ2n) is 6.06. The predicted octanol–water partition coefficient (Wildman–Crippen LogP) is 0.817. The Bertz CT molecular complexity index is 654. The standard InChI is InChI=1S/C15H16N4O3/c1-3-4-11-5-15(22)6-13(7-16,14(11,8-17)9-18)12(21)19(15)10(2)20/h11,22H,3-6H2,1-2H3. The van der Waals surface area contributed by atoms with Gasteiger partial charge < -0.3 is 5.11 Å². The average Bonchev–Trinajstić information content (AvgIpc) is 2.66. The summed E-state index contributed by atoms with van der Waals surface area (Å²) in [6.45, 7) is 2.97. The van der Waals surface area contributed by atoms with Gasteiger partial charge in [0, 0.05) is 19.8 Å². The highest BCUT2D eigenvalue weighted by Crippen LogP contribution is 2.63. The molecule has 0 spiro atoms. The molecule has 0 radical (unpaired) electrons. The Balaban J connectivity index is 2.76. The van der Waals surface area contributed by atoms with Crippen LogP contribution < -0.4 is 0 Å². The maximum Gasteiger partial charge on any atom is 0.254 e. The first-order chi connectivity index (χ1) is 10.3. The molecule has 7 nitrogen and oxygen atoms in total. The van der Waals surface area contributed by atoms with Crippen LogP contribution in [0, 0.1) is 50.7 Å². The number of nitriles is 3. The van der Waals surface area contributed by atoms with Gasteiger partial charge in [-0.2, -0.15) is 15.8 Å². The van der Waals surface area contributed by atoms with E-state index in [4.69, 9.17) is 0 Å². The summed E-state index contributed by atoms with van der Waals surface area (Å²) < 4.78 is 0. The van der Waals surface area contributed by atoms with Gasteiger partial charge in [-0.25, -0.2) is 0 Å². The molecule has 0 aromatic rings. The zero-order valence-electron chi connectivity index (χ0n) is 12.5. The highest BCUT2D eigenvalue weighted by molar-refractivity contribution is 6.03. The second kappa shape index (κ2) is 4.80. The Morgan fingerprint density at radius 1 is 1.36 bits per heavy atom. The Morgan fingerprint density at radius 3 is 2.36 bits per heavy atom. The molecule has 1 heterocycles. The largest absolute Gasteiger partial charge is 0.370 e. The molecule has 2 aliphatic rings. The van der Waals surface area contributed by atoms with Gasteiger partial charge in [0.2, 0.25) is 5.91 Å². The summed E-state index contributed by atoms with van der Waals surface area (Å²) in [5.41, 5.74) is -5.66. The van der Waals surface area contributed by atoms with Crippen LogP contribution in [0.4, 0.5) is 0 Å². The zero-order valence-corrected chi connectivity index (χ0v) is 12.5. The van der Waals surface area contributed by atoms with Crippen molar-refractivity contribution in [1.29, 1.82) is 15.8 Å². The van der Waals surface area contributed by atoms with Crippen LogP contribution in [0.25, 0.3) is 0 Å². The summed E-state index contributed by atoms with van der Waals surface area (Å²) in [4.78, 5) is 25.1. The molecule has 1 N–H and O–H groups in total. The maximum atomic E-state index is 12.7. The van der Waals surface area contributed by atoms with Crippen LogP contribution in [-0.2, 0) is 9.59 Å². The van der Waals surface area contributed by atoms with Crippen molar-refractivity contribution in [3.05, 3.63) is 0 Å². The number of likely N-dealkylation sites (tertiary alicyclic amines) is 1. The third-order valence-electron chi connectivity index (χ3n) is 4.89. The Labute approximate surface area is 128 Å². The van der Waals surface area contributed by atoms with Crippen molar-refractivity contribution in [1.82, 2.24) is 4.90 Å². The van der Waals surface area contributed by atoms with Gasteiger partial charge in [0.15, 0.2) is 10.8 Å². The molecule has 7 heteroatoms. The van der Waals surface area contributed by atoms with Crippen LogP contribution >= 0.6 is 0 Å². The molecule has 2 bridgehead atoms. The van der Waals surface area contributed by atoms with Gasteiger partial charge in [-0.1, -0.05) is 13.3 Å². The molecule has 2 fully saturated rings. The van der Waals surface area contributed by atoms with E-state index in [1.165, 1.54) is 0 Å². The Morgan fingerprint density at radius 2 is 1.95 bits per heavy atom. The number of amides is 2. The lowest BCUT2D eigenvalue weighted by Crippen LogP contribution is -2.53. The minimum atomic E-state index is -2.00. The third kappa shape index (κ3) is 1.56. The van der Waals surface area contributed by atoms with Crippen LogP contribution in [0.5, 0.6) is 0 Å². The molecule has 1 aliphatic heterocycles. The van der Waals surface area contributed by atoms with Gasteiger partial charge in [0.05, 0.1) is 18.2 Å². The maximum absolute atomic E-state index is 12.7. The van der Waals surface area contributed by atoms with Gasteiger partial charge in [-0.3, -0.25) is 14.5 Å². The monoisotopic (exact) mass is 300 g/mol. The molecule has 0 aromatic carbocycles. The third-order valence-corrected chi connectivity index (χ3v) is 4.89. The number of rotatable bonds is 2. The molecule has 1 saturated carbocycles. The van der Waals surface area contributed by atoms with Crippen LogP contribution in [0.3, 0.4) is 0 Å². The predicted molar refractivity (Wildman–Crippen MR) is 71.8 cm³/mol. The van der Waals surface area contributed by atoms with E-state index in [0.29, 0.717) is 17.7 Å². The number of carbonyl (C=O) groups excluding carboxylic acids is 2. The molecule has 2 rings (SSSR count). The van der Waals surface area contributed by atoms with Crippen molar-refractivity contribution in [2.24, 2.45) is 16.7 Å². The lowest BCUT2D eigenvalue weighted by Gasteiger charge is -2.44. The number of fused-ring (bicyclic) bond motifs is 2. The highest BCUT2D eigenvalue weighted by Gasteiger charge is 2.76. The fourth-order valence-corrected chi connectivity index (χ4v) is 4.00. The van der Waals surface area contributed by atoms with E-state index in [1.807, 2.05) is 19.1 Å². The minimum Gasteiger partial charge on any atom is -0.370 e. The van der Waals surface area contributed by atoms with Crippen molar-refractivity contribution >= 4 is 11.8 Å². The number of aliphatic hydroxyl groups is 1. The van der Waals surface area contributed by atoms with Gasteiger partial charge in [0.1, 0.15) is 5.72 Å². The average molecular weight is 300 g/mol. The molecule has 3 atom stereocenters. The normalized spacial score (nSPS) is 35.4. The van der Waals surface area contributed by atoms with E-state index in [1.54, 1.807) is 6.07 Å². The van der Waals surface area contributed by atoms with E-state index < -0.39 is 40.7 Å². The molecular weight excluding hydrogens is 284 g/mol. The highest BCUT2D eigenvalue weighted by atomic mass is 16.3. The molecule has 3 unspecified atom stereocenters. The number of nitrogens with zero attached hydrogens (tertiary/aromatic N) is 4. The van der Waals surface area contributed by atoms with E-state index in [-0.39, 0.29) is 6.42 Å². The molecule has 0 aromatic heterocycles. The first kappa shape index (κ1) is 15.9.